The Morgan fingerprint density at radius 1 is 1.15 bits per heavy atom. The zero-order valence-corrected chi connectivity index (χ0v) is 12.2. The van der Waals surface area contributed by atoms with Gasteiger partial charge in [0.15, 0.2) is 0 Å². The molecule has 5 heteroatoms. The second kappa shape index (κ2) is 8.19. The fraction of sp³-hybridized carbons (Fsp3) is 0.467. The molecule has 1 rings (SSSR count). The quantitative estimate of drug-likeness (QED) is 0.752. The average Bonchev–Trinajstić information content (AvgIpc) is 2.40. The first-order chi connectivity index (χ1) is 9.55. The largest absolute Gasteiger partial charge is 0.494 e. The van der Waals surface area contributed by atoms with Crippen LogP contribution in [0.15, 0.2) is 24.3 Å². The first-order valence-corrected chi connectivity index (χ1v) is 6.87. The normalized spacial score (nSPS) is 11.6. The number of carbonyl (C=O) groups is 2. The van der Waals surface area contributed by atoms with Crippen LogP contribution in [0.1, 0.15) is 33.6 Å². The number of carbonyl (C=O) groups excluding carboxylic acids is 2. The minimum Gasteiger partial charge on any atom is -0.494 e. The molecule has 0 aliphatic heterocycles. The van der Waals surface area contributed by atoms with Gasteiger partial charge in [0.1, 0.15) is 12.2 Å². The number of rotatable bonds is 7. The third-order valence-corrected chi connectivity index (χ3v) is 2.79. The number of benzene rings is 1. The lowest BCUT2D eigenvalue weighted by Crippen LogP contribution is -2.34. The Kier molecular flexibility index (Phi) is 6.56. The first kappa shape index (κ1) is 16.0. The minimum atomic E-state index is -0.324. The van der Waals surface area contributed by atoms with Crippen molar-refractivity contribution < 1.29 is 14.3 Å². The molecule has 0 spiro atoms. The first-order valence-electron chi connectivity index (χ1n) is 6.87. The van der Waals surface area contributed by atoms with Crippen LogP contribution in [0, 0.1) is 0 Å². The molecule has 0 saturated carbocycles. The molecule has 0 bridgehead atoms. The summed E-state index contributed by atoms with van der Waals surface area (Å²) in [5.41, 5.74) is 0.648. The summed E-state index contributed by atoms with van der Waals surface area (Å²) in [6.07, 6.45) is 0.670. The third kappa shape index (κ3) is 5.73. The summed E-state index contributed by atoms with van der Waals surface area (Å²) in [7, 11) is 0. The van der Waals surface area contributed by atoms with Gasteiger partial charge in [-0.2, -0.15) is 0 Å². The van der Waals surface area contributed by atoms with Crippen molar-refractivity contribution >= 4 is 17.5 Å². The summed E-state index contributed by atoms with van der Waals surface area (Å²) in [5, 5.41) is 5.43. The Labute approximate surface area is 119 Å². The van der Waals surface area contributed by atoms with E-state index in [1.807, 2.05) is 20.8 Å². The highest BCUT2D eigenvalue weighted by Crippen LogP contribution is 2.15. The molecule has 110 valence electrons. The number of amides is 2. The molecule has 0 fully saturated rings. The van der Waals surface area contributed by atoms with E-state index < -0.39 is 0 Å². The van der Waals surface area contributed by atoms with Crippen molar-refractivity contribution in [1.82, 2.24) is 5.32 Å². The van der Waals surface area contributed by atoms with E-state index in [1.54, 1.807) is 24.3 Å². The molecule has 1 atom stereocenters. The van der Waals surface area contributed by atoms with E-state index in [9.17, 15) is 9.59 Å². The lowest BCUT2D eigenvalue weighted by Gasteiger charge is -2.11. The molecule has 1 unspecified atom stereocenters. The molecule has 2 N–H and O–H groups in total. The van der Waals surface area contributed by atoms with Crippen molar-refractivity contribution in [1.29, 1.82) is 0 Å². The van der Waals surface area contributed by atoms with Crippen molar-refractivity contribution in [3.63, 3.8) is 0 Å². The van der Waals surface area contributed by atoms with Crippen LogP contribution in [0.4, 0.5) is 5.69 Å². The van der Waals surface area contributed by atoms with Gasteiger partial charge in [0.05, 0.1) is 6.61 Å². The highest BCUT2D eigenvalue weighted by molar-refractivity contribution is 6.03. The Morgan fingerprint density at radius 2 is 1.80 bits per heavy atom. The van der Waals surface area contributed by atoms with Crippen molar-refractivity contribution in [3.8, 4) is 5.75 Å². The maximum atomic E-state index is 11.7. The summed E-state index contributed by atoms with van der Waals surface area (Å²) in [4.78, 5) is 23.3. The highest BCUT2D eigenvalue weighted by atomic mass is 16.5. The Morgan fingerprint density at radius 3 is 2.35 bits per heavy atom. The van der Waals surface area contributed by atoms with Gasteiger partial charge >= 0.3 is 0 Å². The second-order valence-electron chi connectivity index (χ2n) is 4.56. The van der Waals surface area contributed by atoms with E-state index in [-0.39, 0.29) is 24.3 Å². The molecule has 2 amide bonds. The van der Waals surface area contributed by atoms with Gasteiger partial charge in [-0.25, -0.2) is 0 Å². The molecule has 20 heavy (non-hydrogen) atoms. The van der Waals surface area contributed by atoms with E-state index in [2.05, 4.69) is 10.6 Å². The van der Waals surface area contributed by atoms with E-state index in [4.69, 9.17) is 4.74 Å². The minimum absolute atomic E-state index is 0.0841. The van der Waals surface area contributed by atoms with Crippen LogP contribution >= 0.6 is 0 Å². The van der Waals surface area contributed by atoms with E-state index in [0.29, 0.717) is 12.3 Å². The Hall–Kier alpha value is -2.04. The monoisotopic (exact) mass is 278 g/mol. The average molecular weight is 278 g/mol. The Bertz CT molecular complexity index is 443. The van der Waals surface area contributed by atoms with E-state index in [0.717, 1.165) is 12.2 Å². The summed E-state index contributed by atoms with van der Waals surface area (Å²) >= 11 is 0. The van der Waals surface area contributed by atoms with Crippen molar-refractivity contribution in [2.24, 2.45) is 0 Å². The highest BCUT2D eigenvalue weighted by Gasteiger charge is 2.11. The standard InChI is InChI=1S/C15H22N2O3/c1-4-11(3)16-14(18)10-15(19)17-12-6-8-13(9-7-12)20-5-2/h6-9,11H,4-5,10H2,1-3H3,(H,16,18)(H,17,19). The van der Waals surface area contributed by atoms with Crippen LogP contribution in [0.5, 0.6) is 5.75 Å². The summed E-state index contributed by atoms with van der Waals surface area (Å²) in [6, 6.07) is 7.13. The molecule has 1 aromatic carbocycles. The van der Waals surface area contributed by atoms with Crippen molar-refractivity contribution in [2.75, 3.05) is 11.9 Å². The predicted molar refractivity (Wildman–Crippen MR) is 78.8 cm³/mol. The predicted octanol–water partition coefficient (Wildman–Crippen LogP) is 2.33. The van der Waals surface area contributed by atoms with Crippen LogP contribution in [0.25, 0.3) is 0 Å². The molecule has 0 aliphatic carbocycles. The van der Waals surface area contributed by atoms with Gasteiger partial charge in [0.25, 0.3) is 0 Å². The van der Waals surface area contributed by atoms with Gasteiger partial charge in [0, 0.05) is 11.7 Å². The van der Waals surface area contributed by atoms with E-state index >= 15 is 0 Å². The summed E-state index contributed by atoms with van der Waals surface area (Å²) in [6.45, 7) is 6.39. The molecule has 0 radical (unpaired) electrons. The maximum absolute atomic E-state index is 11.7. The lowest BCUT2D eigenvalue weighted by molar-refractivity contribution is -0.127. The lowest BCUT2D eigenvalue weighted by atomic mass is 10.2. The number of anilines is 1. The topological polar surface area (TPSA) is 67.4 Å². The SMILES string of the molecule is CCOc1ccc(NC(=O)CC(=O)NC(C)CC)cc1. The molecule has 1 aromatic rings. The van der Waals surface area contributed by atoms with Crippen LogP contribution in [0.3, 0.4) is 0 Å². The second-order valence-corrected chi connectivity index (χ2v) is 4.56. The van der Waals surface area contributed by atoms with Crippen molar-refractivity contribution in [2.45, 2.75) is 39.7 Å². The number of ether oxygens (including phenoxy) is 1. The van der Waals surface area contributed by atoms with Gasteiger partial charge < -0.3 is 15.4 Å². The smallest absolute Gasteiger partial charge is 0.233 e. The van der Waals surface area contributed by atoms with Gasteiger partial charge in [-0.15, -0.1) is 0 Å². The van der Waals surface area contributed by atoms with Crippen LogP contribution < -0.4 is 15.4 Å². The van der Waals surface area contributed by atoms with Crippen molar-refractivity contribution in [3.05, 3.63) is 24.3 Å². The Balaban J connectivity index is 2.43. The van der Waals surface area contributed by atoms with Gasteiger partial charge in [-0.05, 0) is 44.5 Å². The molecular formula is C15H22N2O3. The fourth-order valence-electron chi connectivity index (χ4n) is 1.58. The molecular weight excluding hydrogens is 256 g/mol. The van der Waals surface area contributed by atoms with Crippen LogP contribution in [-0.2, 0) is 9.59 Å². The number of nitrogens with one attached hydrogen (secondary N) is 2. The molecule has 0 heterocycles. The zero-order valence-electron chi connectivity index (χ0n) is 12.2. The molecule has 0 aliphatic rings. The van der Waals surface area contributed by atoms with Gasteiger partial charge in [0.2, 0.25) is 11.8 Å². The summed E-state index contributed by atoms with van der Waals surface area (Å²) < 4.78 is 5.31. The maximum Gasteiger partial charge on any atom is 0.233 e. The zero-order chi connectivity index (χ0) is 15.0. The van der Waals surface area contributed by atoms with Crippen LogP contribution in [0.2, 0.25) is 0 Å². The third-order valence-electron chi connectivity index (χ3n) is 2.79. The fourth-order valence-corrected chi connectivity index (χ4v) is 1.58. The number of hydrogen-bond donors (Lipinski definition) is 2. The summed E-state index contributed by atoms with van der Waals surface area (Å²) in [5.74, 6) is 0.165. The van der Waals surface area contributed by atoms with E-state index in [1.165, 1.54) is 0 Å². The molecule has 5 nitrogen and oxygen atoms in total. The number of hydrogen-bond acceptors (Lipinski definition) is 3. The van der Waals surface area contributed by atoms with Gasteiger partial charge in [-0.1, -0.05) is 6.92 Å². The van der Waals surface area contributed by atoms with Crippen LogP contribution in [-0.4, -0.2) is 24.5 Å². The van der Waals surface area contributed by atoms with Gasteiger partial charge in [-0.3, -0.25) is 9.59 Å². The molecule has 0 saturated heterocycles. The molecule has 0 aromatic heterocycles.